The number of allylic oxidation sites excluding steroid dienone is 5. The van der Waals surface area contributed by atoms with E-state index in [-0.39, 0.29) is 20.9 Å². The van der Waals surface area contributed by atoms with Gasteiger partial charge < -0.3 is 0 Å². The fourth-order valence-electron chi connectivity index (χ4n) is 0.829. The van der Waals surface area contributed by atoms with Crippen molar-refractivity contribution in [2.24, 2.45) is 0 Å². The minimum atomic E-state index is 0.156. The van der Waals surface area contributed by atoms with Crippen LogP contribution in [0.15, 0.2) is 34.5 Å². The Morgan fingerprint density at radius 1 is 1.50 bits per heavy atom. The Balaban J connectivity index is 2.30. The van der Waals surface area contributed by atoms with E-state index in [2.05, 4.69) is 41.4 Å². The van der Waals surface area contributed by atoms with Gasteiger partial charge in [-0.05, 0) is 0 Å². The summed E-state index contributed by atoms with van der Waals surface area (Å²) in [7, 11) is 0. The maximum absolute atomic E-state index is 2.36. The van der Waals surface area contributed by atoms with Crippen molar-refractivity contribution in [3.63, 3.8) is 0 Å². The van der Waals surface area contributed by atoms with E-state index >= 15 is 0 Å². The van der Waals surface area contributed by atoms with Crippen molar-refractivity contribution in [3.8, 4) is 0 Å². The second-order valence-corrected chi connectivity index (χ2v) is 5.47. The molecule has 1 atom stereocenters. The Labute approximate surface area is 72.8 Å². The van der Waals surface area contributed by atoms with Crippen molar-refractivity contribution in [1.82, 2.24) is 0 Å². The van der Waals surface area contributed by atoms with Crippen LogP contribution >= 0.6 is 0 Å². The summed E-state index contributed by atoms with van der Waals surface area (Å²) in [6, 6.07) is 0. The summed E-state index contributed by atoms with van der Waals surface area (Å²) in [6.07, 6.45) is 12.3. The topological polar surface area (TPSA) is 0 Å². The molecule has 1 heteroatoms. The zero-order valence-electron chi connectivity index (χ0n) is 6.16. The maximum atomic E-state index is 2.36. The van der Waals surface area contributed by atoms with Crippen LogP contribution in [0.3, 0.4) is 0 Å². The quantitative estimate of drug-likeness (QED) is 0.520. The van der Waals surface area contributed by atoms with Crippen LogP contribution in [0.4, 0.5) is 0 Å². The summed E-state index contributed by atoms with van der Waals surface area (Å²) in [5, 5.41) is 0. The van der Waals surface area contributed by atoms with Crippen LogP contribution in [0.2, 0.25) is 3.97 Å². The van der Waals surface area contributed by atoms with Crippen molar-refractivity contribution < 1.29 is 0 Å². The normalized spacial score (nSPS) is 24.3. The average Bonchev–Trinajstić information content (AvgIpc) is 2.03. The van der Waals surface area contributed by atoms with Crippen LogP contribution in [0, 0.1) is 0 Å². The Bertz CT molecular complexity index is 166. The van der Waals surface area contributed by atoms with Gasteiger partial charge in [-0.2, -0.15) is 0 Å². The summed E-state index contributed by atoms with van der Waals surface area (Å²) < 4.78 is 3.24. The van der Waals surface area contributed by atoms with Gasteiger partial charge >= 0.3 is 72.7 Å². The Morgan fingerprint density at radius 2 is 2.40 bits per heavy atom. The van der Waals surface area contributed by atoms with Gasteiger partial charge in [0.2, 0.25) is 0 Å². The summed E-state index contributed by atoms with van der Waals surface area (Å²) in [5.41, 5.74) is 0. The number of rotatable bonds is 2. The molecule has 0 saturated carbocycles. The van der Waals surface area contributed by atoms with E-state index in [1.165, 1.54) is 6.42 Å². The first-order chi connectivity index (χ1) is 4.93. The van der Waals surface area contributed by atoms with Gasteiger partial charge in [0.05, 0.1) is 0 Å². The molecule has 0 aromatic carbocycles. The molecule has 0 amide bonds. The van der Waals surface area contributed by atoms with Gasteiger partial charge in [-0.25, -0.2) is 0 Å². The van der Waals surface area contributed by atoms with Crippen LogP contribution in [0.5, 0.6) is 0 Å². The molecule has 0 fully saturated rings. The van der Waals surface area contributed by atoms with Crippen molar-refractivity contribution >= 4 is 20.9 Å². The van der Waals surface area contributed by atoms with Crippen LogP contribution in [0.25, 0.3) is 0 Å². The van der Waals surface area contributed by atoms with Crippen molar-refractivity contribution in [2.75, 3.05) is 0 Å². The molecular formula is C9H12Te. The van der Waals surface area contributed by atoms with Crippen LogP contribution < -0.4 is 0 Å². The van der Waals surface area contributed by atoms with Gasteiger partial charge in [0.25, 0.3) is 0 Å². The molecule has 1 aliphatic rings. The monoisotopic (exact) mass is 250 g/mol. The average molecular weight is 248 g/mol. The van der Waals surface area contributed by atoms with Gasteiger partial charge in [0.15, 0.2) is 0 Å². The number of hydrogen-bond donors (Lipinski definition) is 0. The van der Waals surface area contributed by atoms with Crippen molar-refractivity contribution in [3.05, 3.63) is 34.5 Å². The first-order valence-electron chi connectivity index (χ1n) is 3.53. The SMILES string of the molecule is CC=CCC1C=CC=C[Te]1. The molecule has 0 spiro atoms. The molecule has 0 aromatic heterocycles. The zero-order valence-corrected chi connectivity index (χ0v) is 8.49. The van der Waals surface area contributed by atoms with Gasteiger partial charge in [0, 0.05) is 0 Å². The molecule has 0 saturated heterocycles. The van der Waals surface area contributed by atoms with Crippen molar-refractivity contribution in [1.29, 1.82) is 0 Å². The third-order valence-electron chi connectivity index (χ3n) is 1.37. The minimum absolute atomic E-state index is 0.156. The molecule has 1 aliphatic heterocycles. The Hall–Kier alpha value is 0.00961. The third-order valence-corrected chi connectivity index (χ3v) is 4.27. The van der Waals surface area contributed by atoms with E-state index in [1.54, 1.807) is 0 Å². The van der Waals surface area contributed by atoms with Crippen molar-refractivity contribution in [2.45, 2.75) is 17.3 Å². The third kappa shape index (κ3) is 2.73. The first kappa shape index (κ1) is 8.11. The molecule has 0 N–H and O–H groups in total. The van der Waals surface area contributed by atoms with E-state index in [0.717, 1.165) is 3.97 Å². The zero-order chi connectivity index (χ0) is 7.23. The van der Waals surface area contributed by atoms with E-state index in [0.29, 0.717) is 0 Å². The van der Waals surface area contributed by atoms with E-state index in [9.17, 15) is 0 Å². The van der Waals surface area contributed by atoms with Gasteiger partial charge in [-0.1, -0.05) is 0 Å². The predicted octanol–water partition coefficient (Wildman–Crippen LogP) is 2.53. The first-order valence-corrected chi connectivity index (χ1v) is 6.22. The molecular weight excluding hydrogens is 236 g/mol. The second-order valence-electron chi connectivity index (χ2n) is 2.19. The summed E-state index contributed by atoms with van der Waals surface area (Å²) in [4.78, 5) is 0. The van der Waals surface area contributed by atoms with Crippen LogP contribution in [-0.4, -0.2) is 20.9 Å². The molecule has 1 rings (SSSR count). The summed E-state index contributed by atoms with van der Waals surface area (Å²) in [6.45, 7) is 2.09. The van der Waals surface area contributed by atoms with Gasteiger partial charge in [0.1, 0.15) is 0 Å². The Morgan fingerprint density at radius 3 is 3.00 bits per heavy atom. The summed E-state index contributed by atoms with van der Waals surface area (Å²) >= 11 is 0.156. The van der Waals surface area contributed by atoms with E-state index < -0.39 is 0 Å². The van der Waals surface area contributed by atoms with Crippen LogP contribution in [0.1, 0.15) is 13.3 Å². The Kier molecular flexibility index (Phi) is 3.87. The molecule has 54 valence electrons. The molecule has 1 heterocycles. The van der Waals surface area contributed by atoms with E-state index in [1.807, 2.05) is 0 Å². The second kappa shape index (κ2) is 4.77. The van der Waals surface area contributed by atoms with Gasteiger partial charge in [-0.15, -0.1) is 0 Å². The molecule has 0 bridgehead atoms. The summed E-state index contributed by atoms with van der Waals surface area (Å²) in [5.74, 6) is 0. The molecule has 0 radical (unpaired) electrons. The van der Waals surface area contributed by atoms with E-state index in [4.69, 9.17) is 0 Å². The fourth-order valence-corrected chi connectivity index (χ4v) is 3.08. The molecule has 0 aliphatic carbocycles. The van der Waals surface area contributed by atoms with Gasteiger partial charge in [-0.3, -0.25) is 0 Å². The standard InChI is InChI=1S/C9H12Te/c1-2-3-6-9-7-4-5-8-10-9/h2-5,7-9H,6H2,1H3. The number of hydrogen-bond acceptors (Lipinski definition) is 0. The molecule has 0 nitrogen and oxygen atoms in total. The molecule has 1 unspecified atom stereocenters. The fraction of sp³-hybridized carbons (Fsp3) is 0.333. The predicted molar refractivity (Wildman–Crippen MR) is 47.2 cm³/mol. The van der Waals surface area contributed by atoms with Crippen LogP contribution in [-0.2, 0) is 0 Å². The molecule has 10 heavy (non-hydrogen) atoms. The molecule has 0 aromatic rings.